The largest absolute Gasteiger partial charge is 0.366 e. The second-order valence-corrected chi connectivity index (χ2v) is 6.89. The number of hydrogen-bond donors (Lipinski definition) is 2. The van der Waals surface area contributed by atoms with E-state index in [1.54, 1.807) is 30.3 Å². The van der Waals surface area contributed by atoms with Crippen LogP contribution >= 0.6 is 11.6 Å². The van der Waals surface area contributed by atoms with Crippen LogP contribution in [0.25, 0.3) is 22.4 Å². The van der Waals surface area contributed by atoms with Gasteiger partial charge in [-0.1, -0.05) is 35.9 Å². The van der Waals surface area contributed by atoms with Gasteiger partial charge in [0.2, 0.25) is 11.8 Å². The minimum absolute atomic E-state index is 0.0542. The lowest BCUT2D eigenvalue weighted by atomic mass is 10.2. The number of anilines is 1. The van der Waals surface area contributed by atoms with Crippen molar-refractivity contribution in [3.05, 3.63) is 83.4 Å². The molecule has 0 unspecified atom stereocenters. The molecule has 7 heteroatoms. The summed E-state index contributed by atoms with van der Waals surface area (Å²) in [6.45, 7) is 0.0542. The predicted octanol–water partition coefficient (Wildman–Crippen LogP) is 4.09. The molecule has 4 rings (SSSR count). The first-order valence-electron chi connectivity index (χ1n) is 8.93. The monoisotopic (exact) mass is 404 g/mol. The molecule has 0 fully saturated rings. The number of rotatable bonds is 5. The van der Waals surface area contributed by atoms with Crippen molar-refractivity contribution in [3.63, 3.8) is 0 Å². The Labute approximate surface area is 171 Å². The number of nitrogens with one attached hydrogen (secondary N) is 1. The molecule has 4 aromatic rings. The highest BCUT2D eigenvalue weighted by atomic mass is 35.5. The van der Waals surface area contributed by atoms with E-state index < -0.39 is 5.91 Å². The van der Waals surface area contributed by atoms with Gasteiger partial charge < -0.3 is 15.6 Å². The van der Waals surface area contributed by atoms with Gasteiger partial charge in [-0.25, -0.2) is 4.98 Å². The van der Waals surface area contributed by atoms with E-state index in [9.17, 15) is 9.59 Å². The van der Waals surface area contributed by atoms with Crippen LogP contribution in [0, 0.1) is 0 Å². The van der Waals surface area contributed by atoms with Gasteiger partial charge in [-0.05, 0) is 48.5 Å². The lowest BCUT2D eigenvalue weighted by Gasteiger charge is -2.11. The van der Waals surface area contributed by atoms with E-state index in [-0.39, 0.29) is 12.5 Å². The molecule has 2 amide bonds. The number of primary amides is 1. The molecule has 0 saturated carbocycles. The van der Waals surface area contributed by atoms with Crippen LogP contribution in [0.15, 0.2) is 72.8 Å². The summed E-state index contributed by atoms with van der Waals surface area (Å²) in [5.41, 5.74) is 8.56. The highest BCUT2D eigenvalue weighted by molar-refractivity contribution is 6.33. The Morgan fingerprint density at radius 2 is 1.66 bits per heavy atom. The Bertz CT molecular complexity index is 1220. The predicted molar refractivity (Wildman–Crippen MR) is 114 cm³/mol. The van der Waals surface area contributed by atoms with E-state index in [0.717, 1.165) is 16.6 Å². The molecule has 0 radical (unpaired) electrons. The first-order chi connectivity index (χ1) is 14.0. The Kier molecular flexibility index (Phi) is 5.01. The molecule has 0 bridgehead atoms. The van der Waals surface area contributed by atoms with Crippen LogP contribution in [-0.2, 0) is 11.3 Å². The van der Waals surface area contributed by atoms with Gasteiger partial charge in [-0.2, -0.15) is 0 Å². The van der Waals surface area contributed by atoms with Gasteiger partial charge in [0.25, 0.3) is 0 Å². The maximum atomic E-state index is 12.7. The topological polar surface area (TPSA) is 90.0 Å². The molecule has 6 nitrogen and oxygen atoms in total. The number of hydrogen-bond acceptors (Lipinski definition) is 3. The maximum absolute atomic E-state index is 12.7. The number of aromatic nitrogens is 2. The number of carbonyl (C=O) groups is 2. The number of carbonyl (C=O) groups excluding carboxylic acids is 2. The van der Waals surface area contributed by atoms with Crippen molar-refractivity contribution >= 4 is 40.1 Å². The molecular formula is C22H17ClN4O2. The number of para-hydroxylation sites is 2. The van der Waals surface area contributed by atoms with Gasteiger partial charge in [0.1, 0.15) is 12.4 Å². The number of halogens is 1. The zero-order valence-corrected chi connectivity index (χ0v) is 16.1. The van der Waals surface area contributed by atoms with E-state index in [1.807, 2.05) is 47.0 Å². The second kappa shape index (κ2) is 7.77. The number of fused-ring (bicyclic) bond motifs is 1. The van der Waals surface area contributed by atoms with Gasteiger partial charge in [0, 0.05) is 16.8 Å². The first kappa shape index (κ1) is 18.7. The third-order valence-electron chi connectivity index (χ3n) is 4.52. The lowest BCUT2D eigenvalue weighted by Crippen LogP contribution is -2.19. The second-order valence-electron chi connectivity index (χ2n) is 6.48. The Morgan fingerprint density at radius 1 is 0.966 bits per heavy atom. The molecule has 0 atom stereocenters. The van der Waals surface area contributed by atoms with E-state index in [1.165, 1.54) is 0 Å². The zero-order chi connectivity index (χ0) is 20.4. The van der Waals surface area contributed by atoms with Crippen molar-refractivity contribution in [2.45, 2.75) is 6.54 Å². The lowest BCUT2D eigenvalue weighted by molar-refractivity contribution is -0.116. The highest BCUT2D eigenvalue weighted by Crippen LogP contribution is 2.30. The fourth-order valence-corrected chi connectivity index (χ4v) is 3.37. The van der Waals surface area contributed by atoms with E-state index in [2.05, 4.69) is 10.3 Å². The van der Waals surface area contributed by atoms with Gasteiger partial charge in [-0.3, -0.25) is 9.59 Å². The smallest absolute Gasteiger partial charge is 0.248 e. The summed E-state index contributed by atoms with van der Waals surface area (Å²) < 4.78 is 1.84. The molecule has 144 valence electrons. The minimum Gasteiger partial charge on any atom is -0.366 e. The van der Waals surface area contributed by atoms with Crippen LogP contribution in [0.1, 0.15) is 10.4 Å². The van der Waals surface area contributed by atoms with Crippen molar-refractivity contribution in [2.75, 3.05) is 5.32 Å². The summed E-state index contributed by atoms with van der Waals surface area (Å²) in [5, 5.41) is 3.39. The van der Waals surface area contributed by atoms with E-state index in [0.29, 0.717) is 22.1 Å². The van der Waals surface area contributed by atoms with E-state index in [4.69, 9.17) is 17.3 Å². The Balaban J connectivity index is 1.66. The van der Waals surface area contributed by atoms with Crippen LogP contribution in [0.3, 0.4) is 0 Å². The first-order valence-corrected chi connectivity index (χ1v) is 9.30. The zero-order valence-electron chi connectivity index (χ0n) is 15.3. The quantitative estimate of drug-likeness (QED) is 0.524. The fourth-order valence-electron chi connectivity index (χ4n) is 3.15. The van der Waals surface area contributed by atoms with Crippen molar-refractivity contribution in [3.8, 4) is 11.4 Å². The molecule has 0 aliphatic carbocycles. The third kappa shape index (κ3) is 3.83. The summed E-state index contributed by atoms with van der Waals surface area (Å²) in [6, 6.07) is 21.4. The number of nitrogens with two attached hydrogens (primary N) is 1. The Morgan fingerprint density at radius 3 is 2.38 bits per heavy atom. The van der Waals surface area contributed by atoms with Gasteiger partial charge >= 0.3 is 0 Å². The number of imidazole rings is 1. The number of amides is 2. The van der Waals surface area contributed by atoms with Gasteiger partial charge in [-0.15, -0.1) is 0 Å². The Hall–Kier alpha value is -3.64. The summed E-state index contributed by atoms with van der Waals surface area (Å²) >= 11 is 6.37. The number of nitrogens with zero attached hydrogens (tertiary/aromatic N) is 2. The normalized spacial score (nSPS) is 10.8. The number of benzene rings is 3. The molecule has 29 heavy (non-hydrogen) atoms. The van der Waals surface area contributed by atoms with Crippen molar-refractivity contribution in [2.24, 2.45) is 5.73 Å². The molecule has 3 N–H and O–H groups in total. The summed E-state index contributed by atoms with van der Waals surface area (Å²) in [4.78, 5) is 28.6. The van der Waals surface area contributed by atoms with Crippen LogP contribution in [0.5, 0.6) is 0 Å². The molecule has 0 saturated heterocycles. The van der Waals surface area contributed by atoms with Crippen molar-refractivity contribution < 1.29 is 9.59 Å². The van der Waals surface area contributed by atoms with E-state index >= 15 is 0 Å². The average molecular weight is 405 g/mol. The third-order valence-corrected chi connectivity index (χ3v) is 4.85. The standard InChI is InChI=1S/C22H17ClN4O2/c23-17-6-2-1-5-16(17)22-26-18-7-3-4-8-19(18)27(22)13-20(28)25-15-11-9-14(10-12-15)21(24)29/h1-12H,13H2,(H2,24,29)(H,25,28). The van der Waals surface area contributed by atoms with Crippen LogP contribution in [0.2, 0.25) is 5.02 Å². The SMILES string of the molecule is NC(=O)c1ccc(NC(=O)Cn2c(-c3ccccc3Cl)nc3ccccc32)cc1. The molecule has 0 aliphatic heterocycles. The average Bonchev–Trinajstić information content (AvgIpc) is 3.07. The van der Waals surface area contributed by atoms with Gasteiger partial charge in [0.05, 0.1) is 16.1 Å². The van der Waals surface area contributed by atoms with Crippen LogP contribution in [0.4, 0.5) is 5.69 Å². The molecule has 1 heterocycles. The molecule has 0 aliphatic rings. The van der Waals surface area contributed by atoms with Crippen molar-refractivity contribution in [1.29, 1.82) is 0 Å². The summed E-state index contributed by atoms with van der Waals surface area (Å²) in [7, 11) is 0. The molecule has 3 aromatic carbocycles. The van der Waals surface area contributed by atoms with Crippen LogP contribution < -0.4 is 11.1 Å². The molecular weight excluding hydrogens is 388 g/mol. The summed E-state index contributed by atoms with van der Waals surface area (Å²) in [5.74, 6) is -0.124. The maximum Gasteiger partial charge on any atom is 0.248 e. The minimum atomic E-state index is -0.517. The van der Waals surface area contributed by atoms with Crippen LogP contribution in [-0.4, -0.2) is 21.4 Å². The molecule has 1 aromatic heterocycles. The fraction of sp³-hybridized carbons (Fsp3) is 0.0455. The molecule has 0 spiro atoms. The van der Waals surface area contributed by atoms with Gasteiger partial charge in [0.15, 0.2) is 0 Å². The summed E-state index contributed by atoms with van der Waals surface area (Å²) in [6.07, 6.45) is 0. The van der Waals surface area contributed by atoms with Crippen molar-refractivity contribution in [1.82, 2.24) is 9.55 Å². The highest BCUT2D eigenvalue weighted by Gasteiger charge is 2.17.